The SMILES string of the molecule is CN1c2nc(NCc3ccc(Oc4cnc(C(F)(F)F)nc4)nc3)nc3c2N(CCC3)C(=O)[C@@H]1c1ccccc1. The Morgan fingerprint density at radius 2 is 1.80 bits per heavy atom. The molecule has 0 fully saturated rings. The molecule has 40 heavy (non-hydrogen) atoms. The lowest BCUT2D eigenvalue weighted by molar-refractivity contribution is -0.145. The van der Waals surface area contributed by atoms with Crippen LogP contribution in [0.5, 0.6) is 11.6 Å². The highest BCUT2D eigenvalue weighted by Gasteiger charge is 2.41. The Morgan fingerprint density at radius 3 is 2.50 bits per heavy atom. The van der Waals surface area contributed by atoms with Crippen LogP contribution in [0.25, 0.3) is 0 Å². The first-order chi connectivity index (χ1) is 19.3. The third-order valence-electron chi connectivity index (χ3n) is 6.69. The van der Waals surface area contributed by atoms with E-state index in [-0.39, 0.29) is 17.5 Å². The molecule has 5 heterocycles. The number of amides is 1. The van der Waals surface area contributed by atoms with Crippen molar-refractivity contribution in [2.24, 2.45) is 0 Å². The van der Waals surface area contributed by atoms with E-state index in [0.29, 0.717) is 24.9 Å². The van der Waals surface area contributed by atoms with Crippen LogP contribution in [0.15, 0.2) is 61.1 Å². The molecule has 1 aromatic carbocycles. The molecule has 2 aliphatic rings. The van der Waals surface area contributed by atoms with Crippen molar-refractivity contribution in [1.29, 1.82) is 0 Å². The monoisotopic (exact) mass is 548 g/mol. The second-order valence-electron chi connectivity index (χ2n) is 9.38. The molecule has 0 aliphatic carbocycles. The number of alkyl halides is 3. The van der Waals surface area contributed by atoms with Gasteiger partial charge in [0.25, 0.3) is 5.91 Å². The van der Waals surface area contributed by atoms with Gasteiger partial charge in [0, 0.05) is 32.4 Å². The summed E-state index contributed by atoms with van der Waals surface area (Å²) in [7, 11) is 1.87. The summed E-state index contributed by atoms with van der Waals surface area (Å²) < 4.78 is 43.4. The van der Waals surface area contributed by atoms with Crippen molar-refractivity contribution in [2.45, 2.75) is 31.6 Å². The molecular weight excluding hydrogens is 525 g/mol. The van der Waals surface area contributed by atoms with Crippen LogP contribution < -0.4 is 19.9 Å². The minimum absolute atomic E-state index is 0.0164. The molecule has 13 heteroatoms. The van der Waals surface area contributed by atoms with Gasteiger partial charge < -0.3 is 19.9 Å². The van der Waals surface area contributed by atoms with Gasteiger partial charge in [-0.25, -0.2) is 19.9 Å². The molecule has 6 rings (SSSR count). The number of halogens is 3. The summed E-state index contributed by atoms with van der Waals surface area (Å²) in [6.45, 7) is 0.994. The second kappa shape index (κ2) is 10.1. The molecule has 10 nitrogen and oxygen atoms in total. The van der Waals surface area contributed by atoms with E-state index in [2.05, 4.69) is 20.3 Å². The number of hydrogen-bond acceptors (Lipinski definition) is 9. The quantitative estimate of drug-likeness (QED) is 0.371. The van der Waals surface area contributed by atoms with E-state index in [4.69, 9.17) is 14.7 Å². The highest BCUT2D eigenvalue weighted by atomic mass is 19.4. The van der Waals surface area contributed by atoms with Crippen LogP contribution >= 0.6 is 0 Å². The predicted molar refractivity (Wildman–Crippen MR) is 139 cm³/mol. The Morgan fingerprint density at radius 1 is 1.02 bits per heavy atom. The largest absolute Gasteiger partial charge is 0.451 e. The predicted octanol–water partition coefficient (Wildman–Crippen LogP) is 4.56. The number of aryl methyl sites for hydroxylation is 1. The van der Waals surface area contributed by atoms with Crippen molar-refractivity contribution in [3.8, 4) is 11.6 Å². The summed E-state index contributed by atoms with van der Waals surface area (Å²) >= 11 is 0. The Hall–Kier alpha value is -4.81. The van der Waals surface area contributed by atoms with E-state index < -0.39 is 18.0 Å². The summed E-state index contributed by atoms with van der Waals surface area (Å²) in [6.07, 6.45) is 0.403. The van der Waals surface area contributed by atoms with Crippen molar-refractivity contribution < 1.29 is 22.7 Å². The molecule has 0 spiro atoms. The Labute approximate surface area is 226 Å². The molecule has 0 unspecified atom stereocenters. The lowest BCUT2D eigenvalue weighted by Gasteiger charge is -2.42. The zero-order valence-corrected chi connectivity index (χ0v) is 21.3. The zero-order valence-electron chi connectivity index (χ0n) is 21.3. The Bertz CT molecular complexity index is 1530. The minimum Gasteiger partial charge on any atom is -0.436 e. The van der Waals surface area contributed by atoms with Crippen molar-refractivity contribution in [3.05, 3.63) is 83.7 Å². The lowest BCUT2D eigenvalue weighted by Crippen LogP contribution is -2.49. The number of pyridine rings is 1. The molecule has 1 atom stereocenters. The number of nitrogens with one attached hydrogen (secondary N) is 1. The van der Waals surface area contributed by atoms with Gasteiger partial charge in [-0.15, -0.1) is 0 Å². The molecule has 3 aromatic heterocycles. The fraction of sp³-hybridized carbons (Fsp3) is 0.259. The van der Waals surface area contributed by atoms with Crippen molar-refractivity contribution >= 4 is 23.4 Å². The van der Waals surface area contributed by atoms with Crippen LogP contribution in [0, 0.1) is 0 Å². The topological polar surface area (TPSA) is 109 Å². The van der Waals surface area contributed by atoms with Gasteiger partial charge in [0.1, 0.15) is 11.7 Å². The molecule has 1 amide bonds. The molecule has 0 radical (unpaired) electrons. The summed E-state index contributed by atoms with van der Waals surface area (Å²) in [5.74, 6) is 0.122. The highest BCUT2D eigenvalue weighted by Crippen LogP contribution is 2.43. The van der Waals surface area contributed by atoms with E-state index in [1.54, 1.807) is 23.2 Å². The van der Waals surface area contributed by atoms with Gasteiger partial charge in [-0.2, -0.15) is 18.2 Å². The van der Waals surface area contributed by atoms with Crippen LogP contribution in [0.1, 0.15) is 35.1 Å². The fourth-order valence-corrected chi connectivity index (χ4v) is 4.83. The number of nitrogens with zero attached hydrogens (tertiary/aromatic N) is 7. The molecule has 0 saturated carbocycles. The third-order valence-corrected chi connectivity index (χ3v) is 6.69. The Kier molecular flexibility index (Phi) is 6.40. The van der Waals surface area contributed by atoms with Crippen LogP contribution in [0.2, 0.25) is 0 Å². The summed E-state index contributed by atoms with van der Waals surface area (Å²) in [5, 5.41) is 3.24. The van der Waals surface area contributed by atoms with Gasteiger partial charge in [0.15, 0.2) is 11.6 Å². The van der Waals surface area contributed by atoms with Crippen LogP contribution in [-0.4, -0.2) is 44.4 Å². The lowest BCUT2D eigenvalue weighted by atomic mass is 9.97. The molecular formula is C27H23F3N8O2. The number of aromatic nitrogens is 5. The molecule has 4 aromatic rings. The Balaban J connectivity index is 1.17. The molecule has 0 saturated heterocycles. The van der Waals surface area contributed by atoms with E-state index >= 15 is 0 Å². The first kappa shape index (κ1) is 25.5. The maximum Gasteiger partial charge on any atom is 0.451 e. The third kappa shape index (κ3) is 4.85. The van der Waals surface area contributed by atoms with E-state index in [1.807, 2.05) is 42.3 Å². The van der Waals surface area contributed by atoms with E-state index in [9.17, 15) is 18.0 Å². The average Bonchev–Trinajstić information content (AvgIpc) is 2.96. The van der Waals surface area contributed by atoms with Crippen molar-refractivity contribution in [3.63, 3.8) is 0 Å². The number of anilines is 3. The van der Waals surface area contributed by atoms with Gasteiger partial charge >= 0.3 is 6.18 Å². The van der Waals surface area contributed by atoms with Crippen molar-refractivity contribution in [2.75, 3.05) is 28.7 Å². The van der Waals surface area contributed by atoms with Gasteiger partial charge in [-0.05, 0) is 24.0 Å². The average molecular weight is 549 g/mol. The smallest absolute Gasteiger partial charge is 0.436 e. The maximum absolute atomic E-state index is 13.5. The van der Waals surface area contributed by atoms with Crippen LogP contribution in [0.3, 0.4) is 0 Å². The highest BCUT2D eigenvalue weighted by molar-refractivity contribution is 6.06. The van der Waals surface area contributed by atoms with Crippen LogP contribution in [-0.2, 0) is 23.9 Å². The second-order valence-corrected chi connectivity index (χ2v) is 9.38. The van der Waals surface area contributed by atoms with Gasteiger partial charge in [-0.1, -0.05) is 36.4 Å². The number of likely N-dealkylation sites (N-methyl/N-ethyl adjacent to an activating group) is 1. The van der Waals surface area contributed by atoms with E-state index in [1.165, 1.54) is 0 Å². The number of ether oxygens (including phenoxy) is 1. The van der Waals surface area contributed by atoms with Gasteiger partial charge in [-0.3, -0.25) is 4.79 Å². The number of benzene rings is 1. The normalized spacial score (nSPS) is 16.5. The summed E-state index contributed by atoms with van der Waals surface area (Å²) in [4.78, 5) is 37.4. The first-order valence-corrected chi connectivity index (χ1v) is 12.5. The fourth-order valence-electron chi connectivity index (χ4n) is 4.83. The number of hydrogen-bond donors (Lipinski definition) is 1. The molecule has 0 bridgehead atoms. The molecule has 2 aliphatic heterocycles. The molecule has 204 valence electrons. The standard InChI is InChI=1S/C27H23F3N8O2/c1-37-21(17-6-3-2-4-7-17)24(39)38-11-5-8-19-22(38)23(37)36-26(35-19)34-13-16-9-10-20(31-12-16)40-18-14-32-25(33-15-18)27(28,29)30/h2-4,6-7,9-10,12,14-15,21H,5,8,11,13H2,1H3,(H,34,35,36)/t21-/m0/s1. The van der Waals surface area contributed by atoms with Crippen LogP contribution in [0.4, 0.5) is 30.6 Å². The van der Waals surface area contributed by atoms with Crippen molar-refractivity contribution in [1.82, 2.24) is 24.9 Å². The summed E-state index contributed by atoms with van der Waals surface area (Å²) in [6, 6.07) is 12.5. The van der Waals surface area contributed by atoms with E-state index in [0.717, 1.165) is 47.7 Å². The zero-order chi connectivity index (χ0) is 27.9. The van der Waals surface area contributed by atoms with Gasteiger partial charge in [0.05, 0.1) is 18.1 Å². The minimum atomic E-state index is -4.62. The van der Waals surface area contributed by atoms with Gasteiger partial charge in [0.2, 0.25) is 17.7 Å². The number of carbonyl (C=O) groups is 1. The maximum atomic E-state index is 13.5. The summed E-state index contributed by atoms with van der Waals surface area (Å²) in [5.41, 5.74) is 3.30. The number of carbonyl (C=O) groups excluding carboxylic acids is 1. The molecule has 1 N–H and O–H groups in total. The first-order valence-electron chi connectivity index (χ1n) is 12.5. The number of rotatable bonds is 6.